The number of hydrogen-bond acceptors (Lipinski definition) is 8. The molecule has 34 heavy (non-hydrogen) atoms. The maximum atomic E-state index is 13.7. The van der Waals surface area contributed by atoms with Crippen LogP contribution in [0.15, 0.2) is 54.9 Å². The smallest absolute Gasteiger partial charge is 0.338 e. The van der Waals surface area contributed by atoms with Gasteiger partial charge in [0.25, 0.3) is 5.91 Å². The number of benzene rings is 2. The Morgan fingerprint density at radius 3 is 2.47 bits per heavy atom. The van der Waals surface area contributed by atoms with Crippen molar-refractivity contribution < 1.29 is 18.7 Å². The summed E-state index contributed by atoms with van der Waals surface area (Å²) in [6.07, 6.45) is 1.42. The highest BCUT2D eigenvalue weighted by molar-refractivity contribution is 6.05. The zero-order chi connectivity index (χ0) is 23.7. The molecule has 1 aliphatic rings. The fourth-order valence-electron chi connectivity index (χ4n) is 4.00. The number of methoxy groups -OCH3 is 1. The van der Waals surface area contributed by atoms with E-state index in [0.29, 0.717) is 54.4 Å². The molecule has 4 aromatic rings. The Bertz CT molecular complexity index is 1380. The van der Waals surface area contributed by atoms with E-state index in [1.54, 1.807) is 41.3 Å². The van der Waals surface area contributed by atoms with Crippen molar-refractivity contribution in [3.8, 4) is 5.69 Å². The van der Waals surface area contributed by atoms with Gasteiger partial charge in [-0.05, 0) is 30.3 Å². The zero-order valence-electron chi connectivity index (χ0n) is 18.3. The van der Waals surface area contributed by atoms with Gasteiger partial charge in [0.2, 0.25) is 0 Å². The van der Waals surface area contributed by atoms with E-state index in [1.807, 2.05) is 4.90 Å². The first-order chi connectivity index (χ1) is 16.6. The third-order valence-corrected chi connectivity index (χ3v) is 5.70. The fourth-order valence-corrected chi connectivity index (χ4v) is 4.00. The Hall–Kier alpha value is -4.41. The third kappa shape index (κ3) is 3.81. The fraction of sp³-hybridized carbons (Fsp3) is 0.217. The van der Waals surface area contributed by atoms with Crippen LogP contribution < -0.4 is 4.90 Å². The summed E-state index contributed by atoms with van der Waals surface area (Å²) in [6, 6.07) is 12.6. The molecule has 0 radical (unpaired) electrons. The molecular weight excluding hydrogens is 441 g/mol. The average molecular weight is 461 g/mol. The summed E-state index contributed by atoms with van der Waals surface area (Å²) < 4.78 is 20.0. The second kappa shape index (κ2) is 8.85. The van der Waals surface area contributed by atoms with Crippen LogP contribution in [0, 0.1) is 5.82 Å². The van der Waals surface area contributed by atoms with Gasteiger partial charge in [0.15, 0.2) is 17.0 Å². The van der Waals surface area contributed by atoms with Gasteiger partial charge in [0.05, 0.1) is 23.9 Å². The SMILES string of the molecule is COC(=O)c1ccccc1C(=O)N1CCN(c2ncnc3c2nnn3-c2cccc(F)c2)CC1. The topological polar surface area (TPSA) is 106 Å². The van der Waals surface area contributed by atoms with Gasteiger partial charge in [-0.2, -0.15) is 4.68 Å². The van der Waals surface area contributed by atoms with Gasteiger partial charge in [-0.15, -0.1) is 5.10 Å². The molecule has 0 atom stereocenters. The van der Waals surface area contributed by atoms with E-state index in [4.69, 9.17) is 4.74 Å². The zero-order valence-corrected chi connectivity index (χ0v) is 18.3. The maximum Gasteiger partial charge on any atom is 0.338 e. The van der Waals surface area contributed by atoms with Gasteiger partial charge >= 0.3 is 5.97 Å². The molecule has 1 amide bonds. The molecule has 1 saturated heterocycles. The van der Waals surface area contributed by atoms with Crippen molar-refractivity contribution in [3.05, 3.63) is 71.8 Å². The minimum atomic E-state index is -0.549. The van der Waals surface area contributed by atoms with Crippen LogP contribution in [0.2, 0.25) is 0 Å². The number of carbonyl (C=O) groups is 2. The van der Waals surface area contributed by atoms with Crippen LogP contribution in [0.4, 0.5) is 10.2 Å². The van der Waals surface area contributed by atoms with E-state index in [2.05, 4.69) is 20.3 Å². The van der Waals surface area contributed by atoms with Gasteiger partial charge in [0, 0.05) is 26.2 Å². The molecule has 172 valence electrons. The molecule has 0 aliphatic carbocycles. The molecule has 0 spiro atoms. The molecule has 0 N–H and O–H groups in total. The molecule has 10 nitrogen and oxygen atoms in total. The average Bonchev–Trinajstić information content (AvgIpc) is 3.32. The molecule has 11 heteroatoms. The van der Waals surface area contributed by atoms with E-state index in [-0.39, 0.29) is 17.3 Å². The summed E-state index contributed by atoms with van der Waals surface area (Å²) in [4.78, 5) is 37.5. The Labute approximate surface area is 193 Å². The van der Waals surface area contributed by atoms with E-state index < -0.39 is 5.97 Å². The second-order valence-electron chi connectivity index (χ2n) is 7.67. The van der Waals surface area contributed by atoms with Gasteiger partial charge in [0.1, 0.15) is 12.1 Å². The monoisotopic (exact) mass is 461 g/mol. The Balaban J connectivity index is 1.36. The summed E-state index contributed by atoms with van der Waals surface area (Å²) >= 11 is 0. The number of fused-ring (bicyclic) bond motifs is 1. The Morgan fingerprint density at radius 1 is 0.971 bits per heavy atom. The van der Waals surface area contributed by atoms with Crippen molar-refractivity contribution in [3.63, 3.8) is 0 Å². The quantitative estimate of drug-likeness (QED) is 0.426. The number of ether oxygens (including phenoxy) is 1. The molecule has 5 rings (SSSR count). The van der Waals surface area contributed by atoms with Crippen molar-refractivity contribution >= 4 is 28.9 Å². The first-order valence-corrected chi connectivity index (χ1v) is 10.6. The molecule has 3 heterocycles. The van der Waals surface area contributed by atoms with E-state index in [1.165, 1.54) is 30.3 Å². The lowest BCUT2D eigenvalue weighted by molar-refractivity contribution is 0.0589. The minimum Gasteiger partial charge on any atom is -0.465 e. The lowest BCUT2D eigenvalue weighted by Gasteiger charge is -2.35. The Kier molecular flexibility index (Phi) is 5.58. The summed E-state index contributed by atoms with van der Waals surface area (Å²) in [5, 5.41) is 8.38. The highest BCUT2D eigenvalue weighted by atomic mass is 19.1. The van der Waals surface area contributed by atoms with E-state index in [0.717, 1.165) is 0 Å². The van der Waals surface area contributed by atoms with Crippen LogP contribution >= 0.6 is 0 Å². The van der Waals surface area contributed by atoms with Gasteiger partial charge in [-0.25, -0.2) is 19.2 Å². The maximum absolute atomic E-state index is 13.7. The van der Waals surface area contributed by atoms with Gasteiger partial charge in [-0.3, -0.25) is 4.79 Å². The molecular formula is C23H20FN7O3. The highest BCUT2D eigenvalue weighted by Crippen LogP contribution is 2.24. The first-order valence-electron chi connectivity index (χ1n) is 10.6. The molecule has 0 unspecified atom stereocenters. The third-order valence-electron chi connectivity index (χ3n) is 5.70. The Morgan fingerprint density at radius 2 is 1.74 bits per heavy atom. The number of hydrogen-bond donors (Lipinski definition) is 0. The number of piperazine rings is 1. The highest BCUT2D eigenvalue weighted by Gasteiger charge is 2.27. The van der Waals surface area contributed by atoms with Crippen molar-refractivity contribution in [2.24, 2.45) is 0 Å². The largest absolute Gasteiger partial charge is 0.465 e. The number of carbonyl (C=O) groups excluding carboxylic acids is 2. The standard InChI is InChI=1S/C23H20FN7O3/c1-34-23(33)18-8-3-2-7-17(18)22(32)30-11-9-29(10-12-30)20-19-21(26-14-25-20)31(28-27-19)16-6-4-5-15(24)13-16/h2-8,13-14H,9-12H2,1H3. The molecule has 1 aliphatic heterocycles. The van der Waals surface area contributed by atoms with Crippen molar-refractivity contribution in [1.82, 2.24) is 29.9 Å². The number of nitrogens with zero attached hydrogens (tertiary/aromatic N) is 7. The second-order valence-corrected chi connectivity index (χ2v) is 7.67. The summed E-state index contributed by atoms with van der Waals surface area (Å²) in [5.74, 6) is -0.572. The van der Waals surface area contributed by atoms with Gasteiger partial charge in [-0.1, -0.05) is 23.4 Å². The number of anilines is 1. The number of rotatable bonds is 4. The van der Waals surface area contributed by atoms with Crippen LogP contribution in [-0.4, -0.2) is 75.0 Å². The predicted octanol–water partition coefficient (Wildman–Crippen LogP) is 2.10. The van der Waals surface area contributed by atoms with Crippen LogP contribution in [0.1, 0.15) is 20.7 Å². The lowest BCUT2D eigenvalue weighted by Crippen LogP contribution is -2.49. The number of aromatic nitrogens is 5. The van der Waals surface area contributed by atoms with Crippen molar-refractivity contribution in [2.75, 3.05) is 38.2 Å². The van der Waals surface area contributed by atoms with Crippen LogP contribution in [-0.2, 0) is 4.74 Å². The first kappa shape index (κ1) is 21.4. The van der Waals surface area contributed by atoms with Crippen molar-refractivity contribution in [1.29, 1.82) is 0 Å². The lowest BCUT2D eigenvalue weighted by atomic mass is 10.1. The molecule has 2 aromatic heterocycles. The number of esters is 1. The van der Waals surface area contributed by atoms with E-state index in [9.17, 15) is 14.0 Å². The number of amides is 1. The van der Waals surface area contributed by atoms with Crippen molar-refractivity contribution in [2.45, 2.75) is 0 Å². The van der Waals surface area contributed by atoms with Gasteiger partial charge < -0.3 is 14.5 Å². The normalized spacial score (nSPS) is 13.8. The van der Waals surface area contributed by atoms with Crippen LogP contribution in [0.5, 0.6) is 0 Å². The minimum absolute atomic E-state index is 0.231. The molecule has 1 fully saturated rings. The summed E-state index contributed by atoms with van der Waals surface area (Å²) in [6.45, 7) is 1.87. The predicted molar refractivity (Wildman–Crippen MR) is 120 cm³/mol. The summed E-state index contributed by atoms with van der Waals surface area (Å²) in [5.41, 5.74) is 2.00. The molecule has 0 saturated carbocycles. The molecule has 0 bridgehead atoms. The van der Waals surface area contributed by atoms with Crippen LogP contribution in [0.3, 0.4) is 0 Å². The van der Waals surface area contributed by atoms with E-state index >= 15 is 0 Å². The summed E-state index contributed by atoms with van der Waals surface area (Å²) in [7, 11) is 1.29. The number of halogens is 1. The molecule has 2 aromatic carbocycles. The van der Waals surface area contributed by atoms with Crippen LogP contribution in [0.25, 0.3) is 16.9 Å².